The van der Waals surface area contributed by atoms with Crippen LogP contribution in [0.2, 0.25) is 0 Å². The smallest absolute Gasteiger partial charge is 0.153 e. The Labute approximate surface area is 112 Å². The number of rotatable bonds is 2. The molecule has 0 amide bonds. The van der Waals surface area contributed by atoms with Gasteiger partial charge < -0.3 is 4.74 Å². The lowest BCUT2D eigenvalue weighted by Gasteiger charge is -2.16. The molecular weight excluding hydrogens is 244 g/mol. The first-order chi connectivity index (χ1) is 8.69. The van der Waals surface area contributed by atoms with Gasteiger partial charge in [-0.3, -0.25) is 4.79 Å². The van der Waals surface area contributed by atoms with Crippen LogP contribution in [-0.4, -0.2) is 12.9 Å². The minimum absolute atomic E-state index is 0.133. The highest BCUT2D eigenvalue weighted by atomic mass is 32.2. The topological polar surface area (TPSA) is 26.3 Å². The number of fused-ring (bicyclic) bond motifs is 1. The van der Waals surface area contributed by atoms with Crippen LogP contribution in [0, 0.1) is 0 Å². The van der Waals surface area contributed by atoms with Gasteiger partial charge in [-0.1, -0.05) is 11.8 Å². The molecule has 0 unspecified atom stereocenters. The first-order valence-corrected chi connectivity index (χ1v) is 7.06. The Morgan fingerprint density at radius 1 is 1.33 bits per heavy atom. The summed E-state index contributed by atoms with van der Waals surface area (Å²) >= 11 is 1.72. The van der Waals surface area contributed by atoms with Crippen molar-refractivity contribution in [3.63, 3.8) is 0 Å². The molecule has 2 nitrogen and oxygen atoms in total. The van der Waals surface area contributed by atoms with Crippen molar-refractivity contribution in [1.29, 1.82) is 0 Å². The molecule has 3 heteroatoms. The average molecular weight is 262 g/mol. The number of thioether (sulfide) groups is 1. The molecule has 0 fully saturated rings. The second kappa shape index (κ2) is 6.10. The van der Waals surface area contributed by atoms with E-state index in [1.54, 1.807) is 31.9 Å². The third kappa shape index (κ3) is 3.39. The van der Waals surface area contributed by atoms with Gasteiger partial charge in [-0.2, -0.15) is 0 Å². The van der Waals surface area contributed by atoms with Crippen molar-refractivity contribution in [2.75, 3.05) is 7.11 Å². The molecule has 1 heterocycles. The molecule has 1 aromatic rings. The van der Waals surface area contributed by atoms with Gasteiger partial charge in [0.25, 0.3) is 0 Å². The molecule has 96 valence electrons. The number of ether oxygens (including phenoxy) is 1. The van der Waals surface area contributed by atoms with E-state index in [9.17, 15) is 4.79 Å². The third-order valence-corrected chi connectivity index (χ3v) is 4.19. The first kappa shape index (κ1) is 13.2. The van der Waals surface area contributed by atoms with Crippen LogP contribution in [0.1, 0.15) is 31.7 Å². The van der Waals surface area contributed by atoms with E-state index in [1.807, 2.05) is 6.07 Å². The van der Waals surface area contributed by atoms with Crippen molar-refractivity contribution in [2.24, 2.45) is 0 Å². The fourth-order valence-electron chi connectivity index (χ4n) is 2.11. The van der Waals surface area contributed by atoms with Gasteiger partial charge in [0, 0.05) is 4.90 Å². The van der Waals surface area contributed by atoms with Crippen LogP contribution in [-0.2, 0) is 11.2 Å². The number of hydrogen-bond donors (Lipinski definition) is 0. The van der Waals surface area contributed by atoms with Crippen molar-refractivity contribution in [2.45, 2.75) is 37.5 Å². The van der Waals surface area contributed by atoms with Gasteiger partial charge in [0.1, 0.15) is 5.75 Å². The Kier molecular flexibility index (Phi) is 4.48. The van der Waals surface area contributed by atoms with Crippen molar-refractivity contribution in [3.8, 4) is 5.75 Å². The minimum Gasteiger partial charge on any atom is -0.497 e. The van der Waals surface area contributed by atoms with E-state index in [1.165, 1.54) is 15.4 Å². The van der Waals surface area contributed by atoms with Gasteiger partial charge >= 0.3 is 0 Å². The average Bonchev–Trinajstić information content (AvgIpc) is 2.32. The Bertz CT molecular complexity index is 477. The molecule has 1 aliphatic heterocycles. The maximum Gasteiger partial charge on any atom is 0.153 e. The molecular formula is C15H18O2S. The summed E-state index contributed by atoms with van der Waals surface area (Å²) in [6, 6.07) is 6.19. The fraction of sp³-hybridized carbons (Fsp3) is 0.400. The number of allylic oxidation sites excluding steroid dienone is 2. The molecule has 0 atom stereocenters. The van der Waals surface area contributed by atoms with E-state index in [0.717, 1.165) is 31.4 Å². The molecule has 0 aromatic heterocycles. The van der Waals surface area contributed by atoms with E-state index in [4.69, 9.17) is 4.74 Å². The van der Waals surface area contributed by atoms with Crippen LogP contribution in [0.15, 0.2) is 34.1 Å². The van der Waals surface area contributed by atoms with Crippen LogP contribution in [0.5, 0.6) is 5.75 Å². The molecule has 0 N–H and O–H groups in total. The van der Waals surface area contributed by atoms with E-state index in [0.29, 0.717) is 0 Å². The molecule has 0 bridgehead atoms. The van der Waals surface area contributed by atoms with Gasteiger partial charge in [-0.15, -0.1) is 0 Å². The molecule has 2 rings (SSSR count). The third-order valence-electron chi connectivity index (χ3n) is 2.99. The number of methoxy groups -OCH3 is 1. The minimum atomic E-state index is 0.133. The molecule has 1 aromatic carbocycles. The Hall–Kier alpha value is -1.22. The van der Waals surface area contributed by atoms with Crippen molar-refractivity contribution >= 4 is 17.5 Å². The van der Waals surface area contributed by atoms with Crippen LogP contribution < -0.4 is 4.74 Å². The predicted molar refractivity (Wildman–Crippen MR) is 75.2 cm³/mol. The van der Waals surface area contributed by atoms with Crippen molar-refractivity contribution in [1.82, 2.24) is 0 Å². The maximum atomic E-state index is 11.2. The predicted octanol–water partition coefficient (Wildman–Crippen LogP) is 3.99. The number of ketones is 1. The second-order valence-corrected chi connectivity index (χ2v) is 5.67. The summed E-state index contributed by atoms with van der Waals surface area (Å²) in [5.74, 6) is 1.04. The van der Waals surface area contributed by atoms with Crippen molar-refractivity contribution < 1.29 is 9.53 Å². The number of carbonyl (C=O) groups is 1. The summed E-state index contributed by atoms with van der Waals surface area (Å²) in [7, 11) is 1.69. The normalized spacial score (nSPS) is 17.8. The summed E-state index contributed by atoms with van der Waals surface area (Å²) in [5, 5.41) is 0. The lowest BCUT2D eigenvalue weighted by Crippen LogP contribution is -1.97. The zero-order valence-corrected chi connectivity index (χ0v) is 11.7. The van der Waals surface area contributed by atoms with Crippen LogP contribution >= 0.6 is 11.8 Å². The standard InChI is InChI=1S/C15H18O2S/c1-11(16)9-14-6-4-3-5-12-10-13(17-2)7-8-15(12)18-14/h7-10H,3-6H2,1-2H3/b14-9-. The number of hydrogen-bond acceptors (Lipinski definition) is 3. The maximum absolute atomic E-state index is 11.2. The van der Waals surface area contributed by atoms with E-state index >= 15 is 0 Å². The highest BCUT2D eigenvalue weighted by Gasteiger charge is 2.12. The molecule has 0 saturated carbocycles. The first-order valence-electron chi connectivity index (χ1n) is 6.25. The van der Waals surface area contributed by atoms with Gasteiger partial charge in [-0.05, 0) is 67.4 Å². The SMILES string of the molecule is COc1ccc2c(c1)CCCC/C(=C/C(C)=O)S2. The molecule has 0 saturated heterocycles. The van der Waals surface area contributed by atoms with E-state index in [2.05, 4.69) is 12.1 Å². The summed E-state index contributed by atoms with van der Waals surface area (Å²) in [6.07, 6.45) is 6.17. The number of benzene rings is 1. The molecule has 0 radical (unpaired) electrons. The van der Waals surface area contributed by atoms with Crippen LogP contribution in [0.4, 0.5) is 0 Å². The molecule has 0 spiro atoms. The van der Waals surface area contributed by atoms with Gasteiger partial charge in [0.05, 0.1) is 7.11 Å². The fourth-order valence-corrected chi connectivity index (χ4v) is 3.29. The highest BCUT2D eigenvalue weighted by molar-refractivity contribution is 8.03. The molecule has 0 aliphatic carbocycles. The largest absolute Gasteiger partial charge is 0.497 e. The van der Waals surface area contributed by atoms with Gasteiger partial charge in [0.15, 0.2) is 5.78 Å². The summed E-state index contributed by atoms with van der Waals surface area (Å²) in [5.41, 5.74) is 1.33. The highest BCUT2D eigenvalue weighted by Crippen LogP contribution is 2.37. The van der Waals surface area contributed by atoms with Gasteiger partial charge in [0.2, 0.25) is 0 Å². The number of aryl methyl sites for hydroxylation is 1. The lowest BCUT2D eigenvalue weighted by molar-refractivity contribution is -0.112. The van der Waals surface area contributed by atoms with E-state index < -0.39 is 0 Å². The second-order valence-electron chi connectivity index (χ2n) is 4.50. The summed E-state index contributed by atoms with van der Waals surface area (Å²) in [6.45, 7) is 1.61. The zero-order chi connectivity index (χ0) is 13.0. The Morgan fingerprint density at radius 2 is 2.11 bits per heavy atom. The van der Waals surface area contributed by atoms with Crippen molar-refractivity contribution in [3.05, 3.63) is 34.7 Å². The lowest BCUT2D eigenvalue weighted by atomic mass is 10.1. The zero-order valence-electron chi connectivity index (χ0n) is 10.9. The number of carbonyl (C=O) groups excluding carboxylic acids is 1. The summed E-state index contributed by atoms with van der Waals surface area (Å²) < 4.78 is 5.27. The quantitative estimate of drug-likeness (QED) is 0.754. The van der Waals surface area contributed by atoms with Crippen LogP contribution in [0.25, 0.3) is 0 Å². The molecule has 18 heavy (non-hydrogen) atoms. The molecule has 1 aliphatic rings. The monoisotopic (exact) mass is 262 g/mol. The Balaban J connectivity index is 2.30. The summed E-state index contributed by atoms with van der Waals surface area (Å²) in [4.78, 5) is 13.6. The van der Waals surface area contributed by atoms with Crippen LogP contribution in [0.3, 0.4) is 0 Å². The van der Waals surface area contributed by atoms with Gasteiger partial charge in [-0.25, -0.2) is 0 Å². The van der Waals surface area contributed by atoms with E-state index in [-0.39, 0.29) is 5.78 Å². The Morgan fingerprint density at radius 3 is 2.83 bits per heavy atom.